The third-order valence-electron chi connectivity index (χ3n) is 3.76. The lowest BCUT2D eigenvalue weighted by Gasteiger charge is -2.03. The topological polar surface area (TPSA) is 26.3 Å². The summed E-state index contributed by atoms with van der Waals surface area (Å²) in [4.78, 5) is 10.6. The quantitative estimate of drug-likeness (QED) is 0.132. The van der Waals surface area contributed by atoms with Crippen molar-refractivity contribution < 1.29 is 9.53 Å². The maximum Gasteiger partial charge on any atom is 0.302 e. The number of ether oxygens (including phenoxy) is 1. The van der Waals surface area contributed by atoms with E-state index in [0.29, 0.717) is 6.61 Å². The minimum Gasteiger partial charge on any atom is -0.466 e. The zero-order valence-corrected chi connectivity index (χ0v) is 16.0. The van der Waals surface area contributed by atoms with Gasteiger partial charge in [0.2, 0.25) is 0 Å². The molecule has 0 bridgehead atoms. The van der Waals surface area contributed by atoms with Crippen molar-refractivity contribution in [2.24, 2.45) is 0 Å². The van der Waals surface area contributed by atoms with E-state index in [0.717, 1.165) is 18.2 Å². The fraction of sp³-hybridized carbons (Fsp3) is 0.842. The number of halogens is 1. The Morgan fingerprint density at radius 3 is 1.73 bits per heavy atom. The van der Waals surface area contributed by atoms with E-state index in [1.165, 1.54) is 77.6 Å². The number of carbonyl (C=O) groups excluding carboxylic acids is 1. The van der Waals surface area contributed by atoms with Gasteiger partial charge in [-0.3, -0.25) is 4.79 Å². The number of unbranched alkanes of at least 4 members (excludes halogenated alkanes) is 11. The van der Waals surface area contributed by atoms with Crippen LogP contribution in [0.1, 0.15) is 90.4 Å². The van der Waals surface area contributed by atoms with Crippen molar-refractivity contribution in [3.05, 3.63) is 12.2 Å². The fourth-order valence-corrected chi connectivity index (χ4v) is 2.73. The minimum absolute atomic E-state index is 0.157. The van der Waals surface area contributed by atoms with Gasteiger partial charge in [0.25, 0.3) is 0 Å². The molecule has 0 aliphatic carbocycles. The number of alkyl halides is 1. The first-order valence-corrected chi connectivity index (χ1v) is 10.2. The van der Waals surface area contributed by atoms with Crippen molar-refractivity contribution in [1.29, 1.82) is 0 Å². The lowest BCUT2D eigenvalue weighted by molar-refractivity contribution is -0.141. The lowest BCUT2D eigenvalue weighted by atomic mass is 10.1. The molecule has 0 aliphatic heterocycles. The molecule has 22 heavy (non-hydrogen) atoms. The number of allylic oxidation sites excluding steroid dienone is 2. The summed E-state index contributed by atoms with van der Waals surface area (Å²) < 4.78 is 4.92. The molecule has 0 radical (unpaired) electrons. The smallest absolute Gasteiger partial charge is 0.302 e. The van der Waals surface area contributed by atoms with Gasteiger partial charge >= 0.3 is 5.97 Å². The summed E-state index contributed by atoms with van der Waals surface area (Å²) in [6.07, 6.45) is 21.5. The average molecular weight is 375 g/mol. The van der Waals surface area contributed by atoms with Gasteiger partial charge in [-0.25, -0.2) is 0 Å². The van der Waals surface area contributed by atoms with Crippen molar-refractivity contribution in [2.75, 3.05) is 11.9 Å². The molecule has 0 atom stereocenters. The highest BCUT2D eigenvalue weighted by Gasteiger charge is 1.95. The van der Waals surface area contributed by atoms with Gasteiger partial charge in [-0.05, 0) is 25.7 Å². The van der Waals surface area contributed by atoms with Crippen LogP contribution in [0.25, 0.3) is 0 Å². The van der Waals surface area contributed by atoms with E-state index in [9.17, 15) is 4.79 Å². The molecule has 0 spiro atoms. The van der Waals surface area contributed by atoms with Crippen LogP contribution in [0.15, 0.2) is 12.2 Å². The van der Waals surface area contributed by atoms with E-state index in [1.54, 1.807) is 0 Å². The van der Waals surface area contributed by atoms with Gasteiger partial charge in [0.1, 0.15) is 0 Å². The molecule has 0 N–H and O–H groups in total. The molecule has 0 aromatic heterocycles. The fourth-order valence-electron chi connectivity index (χ4n) is 2.47. The SMILES string of the molecule is CC(=O)OCCCCCCCCCCCCC/C=C\CCBr. The number of hydrogen-bond donors (Lipinski definition) is 0. The van der Waals surface area contributed by atoms with Crippen LogP contribution >= 0.6 is 15.9 Å². The highest BCUT2D eigenvalue weighted by atomic mass is 79.9. The molecule has 0 saturated heterocycles. The van der Waals surface area contributed by atoms with Crippen LogP contribution < -0.4 is 0 Å². The molecule has 3 heteroatoms. The van der Waals surface area contributed by atoms with Crippen LogP contribution in [0.4, 0.5) is 0 Å². The standard InChI is InChI=1S/C19H35BrO2/c1-19(21)22-18-16-14-12-10-8-6-4-2-3-5-7-9-11-13-15-17-20/h11,13H,2-10,12,14-18H2,1H3/b13-11-. The second-order valence-corrected chi connectivity index (χ2v) is 6.76. The predicted octanol–water partition coefficient (Wildman–Crippen LogP) is 6.57. The van der Waals surface area contributed by atoms with Crippen molar-refractivity contribution in [3.8, 4) is 0 Å². The second kappa shape index (κ2) is 18.7. The zero-order chi connectivity index (χ0) is 16.3. The molecular formula is C19H35BrO2. The van der Waals surface area contributed by atoms with Gasteiger partial charge in [-0.2, -0.15) is 0 Å². The van der Waals surface area contributed by atoms with Crippen molar-refractivity contribution in [1.82, 2.24) is 0 Å². The number of hydrogen-bond acceptors (Lipinski definition) is 2. The predicted molar refractivity (Wildman–Crippen MR) is 99.6 cm³/mol. The molecule has 0 heterocycles. The molecule has 0 aromatic carbocycles. The highest BCUT2D eigenvalue weighted by molar-refractivity contribution is 9.09. The van der Waals surface area contributed by atoms with Crippen LogP contribution in [0.5, 0.6) is 0 Å². The van der Waals surface area contributed by atoms with E-state index in [-0.39, 0.29) is 5.97 Å². The Morgan fingerprint density at radius 2 is 1.23 bits per heavy atom. The summed E-state index contributed by atoms with van der Waals surface area (Å²) in [7, 11) is 0. The molecular weight excluding hydrogens is 340 g/mol. The van der Waals surface area contributed by atoms with Gasteiger partial charge in [0.15, 0.2) is 0 Å². The van der Waals surface area contributed by atoms with Gasteiger partial charge in [-0.1, -0.05) is 85.9 Å². The Labute approximate surface area is 146 Å². The van der Waals surface area contributed by atoms with E-state index < -0.39 is 0 Å². The summed E-state index contributed by atoms with van der Waals surface area (Å²) in [6.45, 7) is 2.07. The van der Waals surface area contributed by atoms with E-state index in [2.05, 4.69) is 28.1 Å². The Kier molecular flexibility index (Phi) is 18.5. The average Bonchev–Trinajstić information content (AvgIpc) is 2.50. The number of rotatable bonds is 16. The summed E-state index contributed by atoms with van der Waals surface area (Å²) in [6, 6.07) is 0. The van der Waals surface area contributed by atoms with E-state index in [4.69, 9.17) is 4.74 Å². The summed E-state index contributed by atoms with van der Waals surface area (Å²) in [5.74, 6) is -0.157. The van der Waals surface area contributed by atoms with Gasteiger partial charge in [0.05, 0.1) is 6.61 Å². The third-order valence-corrected chi connectivity index (χ3v) is 4.22. The molecule has 0 amide bonds. The van der Waals surface area contributed by atoms with Crippen LogP contribution in [0.3, 0.4) is 0 Å². The molecule has 0 aliphatic rings. The van der Waals surface area contributed by atoms with E-state index in [1.807, 2.05) is 0 Å². The van der Waals surface area contributed by atoms with Crippen LogP contribution in [-0.4, -0.2) is 17.9 Å². The van der Waals surface area contributed by atoms with Gasteiger partial charge in [-0.15, -0.1) is 0 Å². The Balaban J connectivity index is 3.01. The van der Waals surface area contributed by atoms with E-state index >= 15 is 0 Å². The summed E-state index contributed by atoms with van der Waals surface area (Å²) >= 11 is 3.43. The first-order valence-electron chi connectivity index (χ1n) is 9.11. The zero-order valence-electron chi connectivity index (χ0n) is 14.5. The summed E-state index contributed by atoms with van der Waals surface area (Å²) in [5, 5.41) is 1.08. The van der Waals surface area contributed by atoms with Gasteiger partial charge in [0, 0.05) is 12.3 Å². The maximum atomic E-state index is 10.6. The Morgan fingerprint density at radius 1 is 0.773 bits per heavy atom. The monoisotopic (exact) mass is 374 g/mol. The molecule has 0 saturated carbocycles. The van der Waals surface area contributed by atoms with Crippen molar-refractivity contribution in [3.63, 3.8) is 0 Å². The second-order valence-electron chi connectivity index (χ2n) is 5.97. The first-order chi connectivity index (χ1) is 10.8. The molecule has 0 unspecified atom stereocenters. The van der Waals surface area contributed by atoms with Gasteiger partial charge < -0.3 is 4.74 Å². The third kappa shape index (κ3) is 19.7. The lowest BCUT2D eigenvalue weighted by Crippen LogP contribution is -2.00. The molecule has 0 fully saturated rings. The normalized spacial score (nSPS) is 11.2. The minimum atomic E-state index is -0.157. The molecule has 2 nitrogen and oxygen atoms in total. The Hall–Kier alpha value is -0.310. The molecule has 130 valence electrons. The highest BCUT2D eigenvalue weighted by Crippen LogP contribution is 2.12. The van der Waals surface area contributed by atoms with Crippen LogP contribution in [-0.2, 0) is 9.53 Å². The van der Waals surface area contributed by atoms with Crippen molar-refractivity contribution in [2.45, 2.75) is 90.4 Å². The Bertz CT molecular complexity index is 264. The number of esters is 1. The summed E-state index contributed by atoms with van der Waals surface area (Å²) in [5.41, 5.74) is 0. The number of carbonyl (C=O) groups is 1. The molecule has 0 rings (SSSR count). The first kappa shape index (κ1) is 21.7. The molecule has 0 aromatic rings. The maximum absolute atomic E-state index is 10.6. The van der Waals surface area contributed by atoms with Crippen LogP contribution in [0, 0.1) is 0 Å². The largest absolute Gasteiger partial charge is 0.466 e. The van der Waals surface area contributed by atoms with Crippen molar-refractivity contribution >= 4 is 21.9 Å². The van der Waals surface area contributed by atoms with Crippen LogP contribution in [0.2, 0.25) is 0 Å².